The Morgan fingerprint density at radius 3 is 2.61 bits per heavy atom. The average Bonchev–Trinajstić information content (AvgIpc) is 2.93. The predicted molar refractivity (Wildman–Crippen MR) is 96.9 cm³/mol. The first kappa shape index (κ1) is 14.3. The lowest BCUT2D eigenvalue weighted by Gasteiger charge is -2.27. The van der Waals surface area contributed by atoms with E-state index in [0.29, 0.717) is 0 Å². The lowest BCUT2D eigenvalue weighted by Crippen LogP contribution is -2.29. The minimum absolute atomic E-state index is 1.01. The molecule has 1 aliphatic heterocycles. The van der Waals surface area contributed by atoms with Crippen LogP contribution in [0.2, 0.25) is 0 Å². The number of aromatic amines is 1. The lowest BCUT2D eigenvalue weighted by molar-refractivity contribution is 0.243. The Labute approximate surface area is 137 Å². The van der Waals surface area contributed by atoms with Crippen molar-refractivity contribution >= 4 is 16.6 Å². The molecule has 0 bridgehead atoms. The molecule has 2 heterocycles. The van der Waals surface area contributed by atoms with Crippen molar-refractivity contribution in [3.8, 4) is 0 Å². The first-order chi connectivity index (χ1) is 11.2. The summed E-state index contributed by atoms with van der Waals surface area (Å²) in [5, 5.41) is 1.40. The summed E-state index contributed by atoms with van der Waals surface area (Å²) in [7, 11) is 4.16. The van der Waals surface area contributed by atoms with Crippen LogP contribution in [0.3, 0.4) is 0 Å². The Morgan fingerprint density at radius 1 is 1.04 bits per heavy atom. The van der Waals surface area contributed by atoms with E-state index in [1.165, 1.54) is 33.4 Å². The Kier molecular flexibility index (Phi) is 3.58. The van der Waals surface area contributed by atoms with Crippen LogP contribution in [0.4, 0.5) is 5.69 Å². The molecule has 0 atom stereocenters. The van der Waals surface area contributed by atoms with Crippen LogP contribution in [0, 0.1) is 0 Å². The largest absolute Gasteiger partial charge is 0.378 e. The molecule has 0 aliphatic carbocycles. The number of nitrogens with one attached hydrogen (secondary N) is 1. The van der Waals surface area contributed by atoms with Gasteiger partial charge in [0.15, 0.2) is 0 Å². The average molecular weight is 305 g/mol. The van der Waals surface area contributed by atoms with Gasteiger partial charge in [0.25, 0.3) is 0 Å². The van der Waals surface area contributed by atoms with Crippen molar-refractivity contribution in [2.24, 2.45) is 0 Å². The van der Waals surface area contributed by atoms with E-state index < -0.39 is 0 Å². The summed E-state index contributed by atoms with van der Waals surface area (Å²) in [6.07, 6.45) is 1.13. The topological polar surface area (TPSA) is 22.3 Å². The minimum atomic E-state index is 1.01. The zero-order chi connectivity index (χ0) is 15.8. The maximum Gasteiger partial charge on any atom is 0.0459 e. The molecule has 3 heteroatoms. The molecular weight excluding hydrogens is 282 g/mol. The van der Waals surface area contributed by atoms with Crippen molar-refractivity contribution in [1.29, 1.82) is 0 Å². The maximum atomic E-state index is 3.61. The van der Waals surface area contributed by atoms with Crippen molar-refractivity contribution in [3.63, 3.8) is 0 Å². The van der Waals surface area contributed by atoms with Gasteiger partial charge in [-0.15, -0.1) is 0 Å². The van der Waals surface area contributed by atoms with Gasteiger partial charge in [-0.05, 0) is 35.7 Å². The van der Waals surface area contributed by atoms with E-state index in [-0.39, 0.29) is 0 Å². The van der Waals surface area contributed by atoms with Crippen molar-refractivity contribution in [3.05, 3.63) is 65.4 Å². The molecular formula is C20H23N3. The standard InChI is InChI=1S/C20H23N3/c1-22(2)16-9-7-15(8-10-16)13-23-12-11-18-17-5-3-4-6-19(17)21-20(18)14-23/h3-10,21H,11-14H2,1-2H3. The Morgan fingerprint density at radius 2 is 1.83 bits per heavy atom. The summed E-state index contributed by atoms with van der Waals surface area (Å²) in [5.74, 6) is 0. The van der Waals surface area contributed by atoms with Gasteiger partial charge in [0, 0.05) is 56.0 Å². The first-order valence-electron chi connectivity index (χ1n) is 8.28. The van der Waals surface area contributed by atoms with E-state index in [0.717, 1.165) is 26.1 Å². The molecule has 1 aliphatic rings. The van der Waals surface area contributed by atoms with Gasteiger partial charge in [-0.2, -0.15) is 0 Å². The van der Waals surface area contributed by atoms with Crippen LogP contribution >= 0.6 is 0 Å². The van der Waals surface area contributed by atoms with Crippen molar-refractivity contribution in [2.75, 3.05) is 25.5 Å². The highest BCUT2D eigenvalue weighted by molar-refractivity contribution is 5.84. The Hall–Kier alpha value is -2.26. The normalized spacial score (nSPS) is 14.9. The number of anilines is 1. The zero-order valence-corrected chi connectivity index (χ0v) is 13.8. The predicted octanol–water partition coefficient (Wildman–Crippen LogP) is 3.79. The summed E-state index contributed by atoms with van der Waals surface area (Å²) in [6.45, 7) is 3.16. The van der Waals surface area contributed by atoms with Gasteiger partial charge < -0.3 is 9.88 Å². The SMILES string of the molecule is CN(C)c1ccc(CN2CCc3c([nH]c4ccccc34)C2)cc1. The molecule has 0 fully saturated rings. The zero-order valence-electron chi connectivity index (χ0n) is 13.8. The molecule has 0 saturated heterocycles. The van der Waals surface area contributed by atoms with E-state index in [2.05, 4.69) is 77.4 Å². The number of nitrogens with zero attached hydrogens (tertiary/aromatic N) is 2. The second-order valence-corrected chi connectivity index (χ2v) is 6.65. The summed E-state index contributed by atoms with van der Waals surface area (Å²) >= 11 is 0. The van der Waals surface area contributed by atoms with Gasteiger partial charge in [-0.25, -0.2) is 0 Å². The van der Waals surface area contributed by atoms with Crippen LogP contribution in [-0.4, -0.2) is 30.5 Å². The van der Waals surface area contributed by atoms with Crippen molar-refractivity contribution in [1.82, 2.24) is 9.88 Å². The van der Waals surface area contributed by atoms with Gasteiger partial charge in [-0.3, -0.25) is 4.90 Å². The molecule has 1 aromatic heterocycles. The fraction of sp³-hybridized carbons (Fsp3) is 0.300. The highest BCUT2D eigenvalue weighted by Gasteiger charge is 2.20. The second-order valence-electron chi connectivity index (χ2n) is 6.65. The molecule has 2 aromatic carbocycles. The van der Waals surface area contributed by atoms with Gasteiger partial charge in [0.1, 0.15) is 0 Å². The molecule has 4 rings (SSSR count). The van der Waals surface area contributed by atoms with Crippen LogP contribution in [0.15, 0.2) is 48.5 Å². The third kappa shape index (κ3) is 2.73. The van der Waals surface area contributed by atoms with E-state index in [1.54, 1.807) is 0 Å². The van der Waals surface area contributed by atoms with Gasteiger partial charge >= 0.3 is 0 Å². The molecule has 0 amide bonds. The summed E-state index contributed by atoms with van der Waals surface area (Å²) in [5.41, 5.74) is 6.82. The molecule has 3 nitrogen and oxygen atoms in total. The number of hydrogen-bond donors (Lipinski definition) is 1. The molecule has 0 unspecified atom stereocenters. The summed E-state index contributed by atoms with van der Waals surface area (Å²) < 4.78 is 0. The molecule has 0 spiro atoms. The summed E-state index contributed by atoms with van der Waals surface area (Å²) in [6, 6.07) is 17.6. The van der Waals surface area contributed by atoms with Crippen LogP contribution in [0.1, 0.15) is 16.8 Å². The fourth-order valence-electron chi connectivity index (χ4n) is 3.54. The minimum Gasteiger partial charge on any atom is -0.378 e. The van der Waals surface area contributed by atoms with E-state index in [4.69, 9.17) is 0 Å². The molecule has 23 heavy (non-hydrogen) atoms. The van der Waals surface area contributed by atoms with Gasteiger partial charge in [-0.1, -0.05) is 30.3 Å². The highest BCUT2D eigenvalue weighted by atomic mass is 15.1. The van der Waals surface area contributed by atoms with Crippen LogP contribution in [0.5, 0.6) is 0 Å². The fourth-order valence-corrected chi connectivity index (χ4v) is 3.54. The number of aromatic nitrogens is 1. The maximum absolute atomic E-state index is 3.61. The third-order valence-electron chi connectivity index (χ3n) is 4.82. The number of para-hydroxylation sites is 1. The third-order valence-corrected chi connectivity index (χ3v) is 4.82. The van der Waals surface area contributed by atoms with E-state index in [9.17, 15) is 0 Å². The second kappa shape index (κ2) is 5.74. The Bertz CT molecular complexity index is 815. The van der Waals surface area contributed by atoms with Crippen LogP contribution < -0.4 is 4.90 Å². The van der Waals surface area contributed by atoms with E-state index >= 15 is 0 Å². The summed E-state index contributed by atoms with van der Waals surface area (Å²) in [4.78, 5) is 8.28. The van der Waals surface area contributed by atoms with Gasteiger partial charge in [0.2, 0.25) is 0 Å². The number of benzene rings is 2. The first-order valence-corrected chi connectivity index (χ1v) is 8.28. The van der Waals surface area contributed by atoms with Crippen LogP contribution in [-0.2, 0) is 19.5 Å². The molecule has 118 valence electrons. The molecule has 3 aromatic rings. The number of H-pyrrole nitrogens is 1. The number of hydrogen-bond acceptors (Lipinski definition) is 2. The number of fused-ring (bicyclic) bond motifs is 3. The number of rotatable bonds is 3. The highest BCUT2D eigenvalue weighted by Crippen LogP contribution is 2.28. The van der Waals surface area contributed by atoms with Gasteiger partial charge in [0.05, 0.1) is 0 Å². The quantitative estimate of drug-likeness (QED) is 0.795. The van der Waals surface area contributed by atoms with Crippen LogP contribution in [0.25, 0.3) is 10.9 Å². The monoisotopic (exact) mass is 305 g/mol. The van der Waals surface area contributed by atoms with Crippen molar-refractivity contribution in [2.45, 2.75) is 19.5 Å². The molecule has 0 radical (unpaired) electrons. The van der Waals surface area contributed by atoms with Crippen molar-refractivity contribution < 1.29 is 0 Å². The smallest absolute Gasteiger partial charge is 0.0459 e. The Balaban J connectivity index is 1.51. The lowest BCUT2D eigenvalue weighted by atomic mass is 10.0. The molecule has 0 saturated carbocycles. The van der Waals surface area contributed by atoms with E-state index in [1.807, 2.05) is 0 Å². The molecule has 1 N–H and O–H groups in total.